The van der Waals surface area contributed by atoms with E-state index in [1.165, 1.54) is 0 Å². The maximum atomic E-state index is 12.2. The van der Waals surface area contributed by atoms with E-state index in [-0.39, 0.29) is 11.9 Å². The Kier molecular flexibility index (Phi) is 4.57. The zero-order valence-electron chi connectivity index (χ0n) is 13.0. The fraction of sp³-hybridized carbons (Fsp3) is 0.222. The molecular formula is C18H19N3O2. The van der Waals surface area contributed by atoms with E-state index >= 15 is 0 Å². The van der Waals surface area contributed by atoms with Gasteiger partial charge in [0.25, 0.3) is 0 Å². The standard InChI is InChI=1S/C18H19N3O2/c1-14-5-2-6-15(11-14)12-18(22)19-13-16(17-7-3-10-23-17)21-9-4-8-20-21/h2-11,16H,12-13H2,1H3,(H,19,22). The Balaban J connectivity index is 1.64. The third-order valence-electron chi connectivity index (χ3n) is 3.66. The average molecular weight is 309 g/mol. The Morgan fingerprint density at radius 1 is 1.30 bits per heavy atom. The van der Waals surface area contributed by atoms with Gasteiger partial charge in [0, 0.05) is 18.9 Å². The SMILES string of the molecule is Cc1cccc(CC(=O)NCC(c2ccco2)n2cccn2)c1. The number of nitrogens with one attached hydrogen (secondary N) is 1. The van der Waals surface area contributed by atoms with E-state index in [0.29, 0.717) is 13.0 Å². The smallest absolute Gasteiger partial charge is 0.224 e. The highest BCUT2D eigenvalue weighted by atomic mass is 16.3. The van der Waals surface area contributed by atoms with E-state index in [0.717, 1.165) is 16.9 Å². The molecule has 0 saturated heterocycles. The van der Waals surface area contributed by atoms with Gasteiger partial charge in [0.05, 0.1) is 12.7 Å². The topological polar surface area (TPSA) is 60.1 Å². The van der Waals surface area contributed by atoms with Crippen LogP contribution in [0.2, 0.25) is 0 Å². The Morgan fingerprint density at radius 3 is 2.91 bits per heavy atom. The summed E-state index contributed by atoms with van der Waals surface area (Å²) in [6.07, 6.45) is 5.57. The van der Waals surface area contributed by atoms with Gasteiger partial charge in [0.15, 0.2) is 0 Å². The molecule has 0 spiro atoms. The molecule has 1 N–H and O–H groups in total. The number of benzene rings is 1. The van der Waals surface area contributed by atoms with Crippen molar-refractivity contribution in [3.63, 3.8) is 0 Å². The third-order valence-corrected chi connectivity index (χ3v) is 3.66. The quantitative estimate of drug-likeness (QED) is 0.761. The number of carbonyl (C=O) groups is 1. The number of hydrogen-bond donors (Lipinski definition) is 1. The number of aromatic nitrogens is 2. The average Bonchev–Trinajstić information content (AvgIpc) is 3.21. The largest absolute Gasteiger partial charge is 0.467 e. The van der Waals surface area contributed by atoms with Crippen molar-refractivity contribution in [3.8, 4) is 0 Å². The van der Waals surface area contributed by atoms with Crippen LogP contribution in [0.25, 0.3) is 0 Å². The van der Waals surface area contributed by atoms with Crippen molar-refractivity contribution in [3.05, 3.63) is 78.0 Å². The predicted molar refractivity (Wildman–Crippen MR) is 87.0 cm³/mol. The van der Waals surface area contributed by atoms with Crippen LogP contribution in [0.4, 0.5) is 0 Å². The minimum atomic E-state index is -0.151. The monoisotopic (exact) mass is 309 g/mol. The molecule has 23 heavy (non-hydrogen) atoms. The maximum absolute atomic E-state index is 12.2. The molecule has 0 radical (unpaired) electrons. The van der Waals surface area contributed by atoms with E-state index in [1.807, 2.05) is 55.6 Å². The summed E-state index contributed by atoms with van der Waals surface area (Å²) in [5, 5.41) is 7.22. The van der Waals surface area contributed by atoms with Gasteiger partial charge < -0.3 is 9.73 Å². The van der Waals surface area contributed by atoms with E-state index in [4.69, 9.17) is 4.42 Å². The highest BCUT2D eigenvalue weighted by Gasteiger charge is 2.18. The van der Waals surface area contributed by atoms with Crippen LogP contribution in [-0.2, 0) is 11.2 Å². The first-order valence-corrected chi connectivity index (χ1v) is 7.57. The number of carbonyl (C=O) groups excluding carboxylic acids is 1. The molecule has 0 fully saturated rings. The minimum Gasteiger partial charge on any atom is -0.467 e. The zero-order chi connectivity index (χ0) is 16.1. The molecule has 1 amide bonds. The Bertz CT molecular complexity index is 714. The molecule has 0 aliphatic carbocycles. The van der Waals surface area contributed by atoms with Gasteiger partial charge in [-0.1, -0.05) is 29.8 Å². The molecule has 0 aliphatic rings. The molecule has 3 aromatic rings. The fourth-order valence-corrected chi connectivity index (χ4v) is 2.55. The van der Waals surface area contributed by atoms with Gasteiger partial charge in [-0.3, -0.25) is 9.48 Å². The van der Waals surface area contributed by atoms with Crippen molar-refractivity contribution in [2.75, 3.05) is 6.54 Å². The molecule has 5 heteroatoms. The predicted octanol–water partition coefficient (Wildman–Crippen LogP) is 2.73. The molecule has 3 rings (SSSR count). The summed E-state index contributed by atoms with van der Waals surface area (Å²) in [7, 11) is 0. The lowest BCUT2D eigenvalue weighted by atomic mass is 10.1. The van der Waals surface area contributed by atoms with Crippen LogP contribution in [0.15, 0.2) is 65.5 Å². The van der Waals surface area contributed by atoms with E-state index in [1.54, 1.807) is 17.1 Å². The normalized spacial score (nSPS) is 12.0. The highest BCUT2D eigenvalue weighted by molar-refractivity contribution is 5.78. The van der Waals surface area contributed by atoms with Crippen LogP contribution in [0.3, 0.4) is 0 Å². The second kappa shape index (κ2) is 6.96. The highest BCUT2D eigenvalue weighted by Crippen LogP contribution is 2.17. The number of aryl methyl sites for hydroxylation is 1. The third kappa shape index (κ3) is 3.88. The summed E-state index contributed by atoms with van der Waals surface area (Å²) in [5.41, 5.74) is 2.16. The van der Waals surface area contributed by atoms with Crippen LogP contribution in [0, 0.1) is 6.92 Å². The molecular weight excluding hydrogens is 290 g/mol. The van der Waals surface area contributed by atoms with Crippen molar-refractivity contribution in [1.29, 1.82) is 0 Å². The van der Waals surface area contributed by atoms with Crippen molar-refractivity contribution in [2.45, 2.75) is 19.4 Å². The van der Waals surface area contributed by atoms with Crippen molar-refractivity contribution in [2.24, 2.45) is 0 Å². The molecule has 1 aromatic carbocycles. The first-order valence-electron chi connectivity index (χ1n) is 7.57. The minimum absolute atomic E-state index is 0.0145. The lowest BCUT2D eigenvalue weighted by Gasteiger charge is -2.16. The zero-order valence-corrected chi connectivity index (χ0v) is 13.0. The second-order valence-corrected chi connectivity index (χ2v) is 5.49. The Labute approximate surface area is 134 Å². The van der Waals surface area contributed by atoms with Gasteiger partial charge in [0.2, 0.25) is 5.91 Å². The second-order valence-electron chi connectivity index (χ2n) is 5.49. The summed E-state index contributed by atoms with van der Waals surface area (Å²) in [4.78, 5) is 12.2. The molecule has 5 nitrogen and oxygen atoms in total. The van der Waals surface area contributed by atoms with Crippen LogP contribution >= 0.6 is 0 Å². The summed E-state index contributed by atoms with van der Waals surface area (Å²) < 4.78 is 7.26. The van der Waals surface area contributed by atoms with Gasteiger partial charge in [-0.25, -0.2) is 0 Å². The lowest BCUT2D eigenvalue weighted by molar-refractivity contribution is -0.120. The number of furan rings is 1. The van der Waals surface area contributed by atoms with Crippen LogP contribution in [0.1, 0.15) is 22.9 Å². The summed E-state index contributed by atoms with van der Waals surface area (Å²) in [5.74, 6) is 0.754. The van der Waals surface area contributed by atoms with Crippen LogP contribution in [-0.4, -0.2) is 22.2 Å². The van der Waals surface area contributed by atoms with Gasteiger partial charge in [0.1, 0.15) is 11.8 Å². The molecule has 118 valence electrons. The Hall–Kier alpha value is -2.82. The van der Waals surface area contributed by atoms with Gasteiger partial charge in [-0.2, -0.15) is 5.10 Å². The van der Waals surface area contributed by atoms with E-state index < -0.39 is 0 Å². The number of nitrogens with zero attached hydrogens (tertiary/aromatic N) is 2. The van der Waals surface area contributed by atoms with Crippen molar-refractivity contribution < 1.29 is 9.21 Å². The molecule has 2 heterocycles. The fourth-order valence-electron chi connectivity index (χ4n) is 2.55. The van der Waals surface area contributed by atoms with Crippen LogP contribution < -0.4 is 5.32 Å². The van der Waals surface area contributed by atoms with Crippen molar-refractivity contribution in [1.82, 2.24) is 15.1 Å². The number of amides is 1. The molecule has 0 aliphatic heterocycles. The summed E-state index contributed by atoms with van der Waals surface area (Å²) >= 11 is 0. The molecule has 1 atom stereocenters. The lowest BCUT2D eigenvalue weighted by Crippen LogP contribution is -2.32. The summed E-state index contributed by atoms with van der Waals surface area (Å²) in [6, 6.07) is 13.4. The number of hydrogen-bond acceptors (Lipinski definition) is 3. The number of rotatable bonds is 6. The summed E-state index contributed by atoms with van der Waals surface area (Å²) in [6.45, 7) is 2.45. The molecule has 0 saturated carbocycles. The molecule has 2 aromatic heterocycles. The Morgan fingerprint density at radius 2 is 2.22 bits per heavy atom. The molecule has 0 bridgehead atoms. The van der Waals surface area contributed by atoms with E-state index in [9.17, 15) is 4.79 Å². The first-order chi connectivity index (χ1) is 11.2. The van der Waals surface area contributed by atoms with E-state index in [2.05, 4.69) is 10.4 Å². The van der Waals surface area contributed by atoms with Gasteiger partial charge in [-0.05, 0) is 30.7 Å². The maximum Gasteiger partial charge on any atom is 0.224 e. The molecule has 1 unspecified atom stereocenters. The van der Waals surface area contributed by atoms with Crippen LogP contribution in [0.5, 0.6) is 0 Å². The first kappa shape index (κ1) is 15.1. The van der Waals surface area contributed by atoms with Gasteiger partial charge in [-0.15, -0.1) is 0 Å². The van der Waals surface area contributed by atoms with Crippen molar-refractivity contribution >= 4 is 5.91 Å². The van der Waals surface area contributed by atoms with Gasteiger partial charge >= 0.3 is 0 Å².